The van der Waals surface area contributed by atoms with Gasteiger partial charge in [0.05, 0.1) is 41.3 Å². The van der Waals surface area contributed by atoms with Gasteiger partial charge in [0, 0.05) is 42.2 Å². The fourth-order valence-electron chi connectivity index (χ4n) is 3.99. The van der Waals surface area contributed by atoms with Crippen molar-refractivity contribution in [3.63, 3.8) is 0 Å². The molecule has 1 aromatic carbocycles. The van der Waals surface area contributed by atoms with Crippen LogP contribution >= 0.6 is 11.6 Å². The smallest absolute Gasteiger partial charge is 0.141 e. The SMILES string of the molecule is CCn1c2ccc(-c3ccc(N4CCOCC4)cn3)cc2c2cc(Cl)cnc21. The molecule has 1 saturated heterocycles. The number of rotatable bonds is 3. The van der Waals surface area contributed by atoms with Crippen molar-refractivity contribution in [1.29, 1.82) is 0 Å². The Labute approximate surface area is 168 Å². The van der Waals surface area contributed by atoms with Crippen molar-refractivity contribution >= 4 is 39.2 Å². The molecule has 0 atom stereocenters. The van der Waals surface area contributed by atoms with Gasteiger partial charge in [-0.15, -0.1) is 0 Å². The molecule has 0 aliphatic carbocycles. The van der Waals surface area contributed by atoms with Crippen LogP contribution in [0.2, 0.25) is 5.02 Å². The van der Waals surface area contributed by atoms with Crippen LogP contribution in [0.3, 0.4) is 0 Å². The average Bonchev–Trinajstić information content (AvgIpc) is 3.06. The predicted octanol–water partition coefficient (Wildman–Crippen LogP) is 4.76. The molecule has 0 amide bonds. The van der Waals surface area contributed by atoms with Gasteiger partial charge in [-0.2, -0.15) is 0 Å². The van der Waals surface area contributed by atoms with Crippen molar-refractivity contribution in [2.45, 2.75) is 13.5 Å². The third-order valence-electron chi connectivity index (χ3n) is 5.40. The summed E-state index contributed by atoms with van der Waals surface area (Å²) in [6.07, 6.45) is 3.67. The molecule has 5 rings (SSSR count). The minimum atomic E-state index is 0.654. The molecule has 4 heterocycles. The molecule has 0 unspecified atom stereocenters. The third kappa shape index (κ3) is 2.91. The lowest BCUT2D eigenvalue weighted by molar-refractivity contribution is 0.122. The van der Waals surface area contributed by atoms with E-state index in [-0.39, 0.29) is 0 Å². The van der Waals surface area contributed by atoms with Gasteiger partial charge in [-0.25, -0.2) is 4.98 Å². The van der Waals surface area contributed by atoms with E-state index < -0.39 is 0 Å². The Kier molecular flexibility index (Phi) is 4.41. The Morgan fingerprint density at radius 1 is 1.00 bits per heavy atom. The zero-order valence-corrected chi connectivity index (χ0v) is 16.5. The number of hydrogen-bond acceptors (Lipinski definition) is 4. The molecule has 0 bridgehead atoms. The van der Waals surface area contributed by atoms with Gasteiger partial charge >= 0.3 is 0 Å². The molecule has 0 N–H and O–H groups in total. The predicted molar refractivity (Wildman–Crippen MR) is 114 cm³/mol. The lowest BCUT2D eigenvalue weighted by atomic mass is 10.1. The molecule has 5 nitrogen and oxygen atoms in total. The highest BCUT2D eigenvalue weighted by atomic mass is 35.5. The minimum absolute atomic E-state index is 0.654. The number of benzene rings is 1. The van der Waals surface area contributed by atoms with Gasteiger partial charge in [0.1, 0.15) is 5.65 Å². The fraction of sp³-hybridized carbons (Fsp3) is 0.273. The first-order valence-electron chi connectivity index (χ1n) is 9.61. The normalized spacial score (nSPS) is 14.9. The zero-order valence-electron chi connectivity index (χ0n) is 15.7. The van der Waals surface area contributed by atoms with Gasteiger partial charge in [0.15, 0.2) is 0 Å². The number of fused-ring (bicyclic) bond motifs is 3. The van der Waals surface area contributed by atoms with Crippen molar-refractivity contribution < 1.29 is 4.74 Å². The molecule has 0 spiro atoms. The largest absolute Gasteiger partial charge is 0.378 e. The lowest BCUT2D eigenvalue weighted by Gasteiger charge is -2.28. The summed E-state index contributed by atoms with van der Waals surface area (Å²) in [5.41, 5.74) is 5.34. The molecule has 142 valence electrons. The van der Waals surface area contributed by atoms with Crippen molar-refractivity contribution in [2.24, 2.45) is 0 Å². The highest BCUT2D eigenvalue weighted by Crippen LogP contribution is 2.33. The Hall–Kier alpha value is -2.63. The molecular weight excluding hydrogens is 372 g/mol. The van der Waals surface area contributed by atoms with Crippen LogP contribution in [-0.4, -0.2) is 40.8 Å². The molecule has 1 aliphatic rings. The van der Waals surface area contributed by atoms with Gasteiger partial charge in [0.2, 0.25) is 0 Å². The number of nitrogens with zero attached hydrogens (tertiary/aromatic N) is 4. The van der Waals surface area contributed by atoms with Crippen molar-refractivity contribution in [2.75, 3.05) is 31.2 Å². The topological polar surface area (TPSA) is 43.2 Å². The van der Waals surface area contributed by atoms with Crippen molar-refractivity contribution in [3.8, 4) is 11.3 Å². The first-order valence-corrected chi connectivity index (χ1v) is 9.99. The number of hydrogen-bond donors (Lipinski definition) is 0. The molecule has 28 heavy (non-hydrogen) atoms. The zero-order chi connectivity index (χ0) is 19.1. The molecular formula is C22H21ClN4O. The Bertz CT molecular complexity index is 1150. The van der Waals surface area contributed by atoms with Crippen LogP contribution in [-0.2, 0) is 11.3 Å². The summed E-state index contributed by atoms with van der Waals surface area (Å²) in [6.45, 7) is 6.37. The standard InChI is InChI=1S/C22H21ClN4O/c1-2-27-21-6-3-15(11-18(21)19-12-16(23)13-25-22(19)27)20-5-4-17(14-24-20)26-7-9-28-10-8-26/h3-6,11-14H,2,7-10H2,1H3. The van der Waals surface area contributed by atoms with E-state index in [1.165, 1.54) is 5.52 Å². The van der Waals surface area contributed by atoms with E-state index >= 15 is 0 Å². The number of ether oxygens (including phenoxy) is 1. The fourth-order valence-corrected chi connectivity index (χ4v) is 4.15. The van der Waals surface area contributed by atoms with E-state index in [2.05, 4.69) is 51.7 Å². The highest BCUT2D eigenvalue weighted by Gasteiger charge is 2.14. The molecule has 1 aliphatic heterocycles. The minimum Gasteiger partial charge on any atom is -0.378 e. The number of aromatic nitrogens is 3. The summed E-state index contributed by atoms with van der Waals surface area (Å²) in [6, 6.07) is 12.7. The highest BCUT2D eigenvalue weighted by molar-refractivity contribution is 6.31. The third-order valence-corrected chi connectivity index (χ3v) is 5.61. The van der Waals surface area contributed by atoms with Gasteiger partial charge in [0.25, 0.3) is 0 Å². The van der Waals surface area contributed by atoms with Crippen LogP contribution in [0.1, 0.15) is 6.92 Å². The summed E-state index contributed by atoms with van der Waals surface area (Å²) in [5, 5.41) is 2.89. The number of morpholine rings is 1. The van der Waals surface area contributed by atoms with Crippen molar-refractivity contribution in [3.05, 3.63) is 53.8 Å². The van der Waals surface area contributed by atoms with E-state index in [0.717, 1.165) is 66.2 Å². The second kappa shape index (κ2) is 7.08. The maximum absolute atomic E-state index is 6.22. The van der Waals surface area contributed by atoms with E-state index in [1.54, 1.807) is 6.20 Å². The first kappa shape index (κ1) is 17.5. The van der Waals surface area contributed by atoms with E-state index in [9.17, 15) is 0 Å². The Morgan fingerprint density at radius 2 is 1.86 bits per heavy atom. The molecule has 0 saturated carbocycles. The first-order chi connectivity index (χ1) is 13.7. The average molecular weight is 393 g/mol. The lowest BCUT2D eigenvalue weighted by Crippen LogP contribution is -2.36. The van der Waals surface area contributed by atoms with Gasteiger partial charge in [-0.3, -0.25) is 4.98 Å². The number of pyridine rings is 2. The van der Waals surface area contributed by atoms with Crippen LogP contribution in [0.15, 0.2) is 48.8 Å². The summed E-state index contributed by atoms with van der Waals surface area (Å²) in [7, 11) is 0. The van der Waals surface area contributed by atoms with Crippen LogP contribution in [0.4, 0.5) is 5.69 Å². The van der Waals surface area contributed by atoms with E-state index in [1.807, 2.05) is 12.3 Å². The molecule has 1 fully saturated rings. The maximum Gasteiger partial charge on any atom is 0.141 e. The van der Waals surface area contributed by atoms with E-state index in [4.69, 9.17) is 21.3 Å². The van der Waals surface area contributed by atoms with Gasteiger partial charge in [-0.05, 0) is 37.3 Å². The molecule has 3 aromatic heterocycles. The molecule has 4 aromatic rings. The number of aryl methyl sites for hydroxylation is 1. The van der Waals surface area contributed by atoms with Crippen LogP contribution in [0.5, 0.6) is 0 Å². The summed E-state index contributed by atoms with van der Waals surface area (Å²) >= 11 is 6.22. The Balaban J connectivity index is 1.57. The second-order valence-corrected chi connectivity index (χ2v) is 7.44. The quantitative estimate of drug-likeness (QED) is 0.504. The second-order valence-electron chi connectivity index (χ2n) is 7.00. The van der Waals surface area contributed by atoms with Gasteiger partial charge < -0.3 is 14.2 Å². The van der Waals surface area contributed by atoms with Crippen LogP contribution in [0, 0.1) is 0 Å². The Morgan fingerprint density at radius 3 is 2.61 bits per heavy atom. The summed E-state index contributed by atoms with van der Waals surface area (Å²) in [5.74, 6) is 0. The van der Waals surface area contributed by atoms with Crippen LogP contribution in [0.25, 0.3) is 33.2 Å². The monoisotopic (exact) mass is 392 g/mol. The van der Waals surface area contributed by atoms with Gasteiger partial charge in [-0.1, -0.05) is 17.7 Å². The number of halogens is 1. The van der Waals surface area contributed by atoms with Crippen LogP contribution < -0.4 is 4.90 Å². The molecule has 0 radical (unpaired) electrons. The summed E-state index contributed by atoms with van der Waals surface area (Å²) in [4.78, 5) is 11.6. The molecule has 6 heteroatoms. The van der Waals surface area contributed by atoms with E-state index in [0.29, 0.717) is 5.02 Å². The van der Waals surface area contributed by atoms with Crippen molar-refractivity contribution in [1.82, 2.24) is 14.5 Å². The summed E-state index contributed by atoms with van der Waals surface area (Å²) < 4.78 is 7.65. The number of anilines is 1. The maximum atomic E-state index is 6.22.